The van der Waals surface area contributed by atoms with Gasteiger partial charge in [0.05, 0.1) is 0 Å². The van der Waals surface area contributed by atoms with Crippen LogP contribution in [0, 0.1) is 5.92 Å². The first-order valence-electron chi connectivity index (χ1n) is 7.40. The molecule has 2 aliphatic rings. The summed E-state index contributed by atoms with van der Waals surface area (Å²) in [5.74, 6) is 0.862. The number of nitrogens with one attached hydrogen (secondary N) is 1. The third-order valence-corrected chi connectivity index (χ3v) is 4.19. The minimum absolute atomic E-state index is 0.671. The minimum atomic E-state index is 0.671. The molecule has 0 amide bonds. The molecule has 0 aromatic heterocycles. The Kier molecular flexibility index (Phi) is 5.05. The Bertz CT molecular complexity index is 241. The molecule has 1 saturated heterocycles. The number of nitrogens with zero attached hydrogens (tertiary/aromatic N) is 1. The lowest BCUT2D eigenvalue weighted by Gasteiger charge is -2.38. The first-order chi connectivity index (χ1) is 8.27. The van der Waals surface area contributed by atoms with Crippen molar-refractivity contribution in [1.29, 1.82) is 0 Å². The predicted molar refractivity (Wildman–Crippen MR) is 74.2 cm³/mol. The maximum absolute atomic E-state index is 3.54. The van der Waals surface area contributed by atoms with Crippen molar-refractivity contribution in [2.75, 3.05) is 19.6 Å². The fourth-order valence-electron chi connectivity index (χ4n) is 3.18. The topological polar surface area (TPSA) is 15.3 Å². The van der Waals surface area contributed by atoms with Crippen molar-refractivity contribution >= 4 is 0 Å². The van der Waals surface area contributed by atoms with E-state index >= 15 is 0 Å². The Morgan fingerprint density at radius 1 is 1.29 bits per heavy atom. The van der Waals surface area contributed by atoms with Gasteiger partial charge < -0.3 is 5.32 Å². The minimum Gasteiger partial charge on any atom is -0.316 e. The second-order valence-corrected chi connectivity index (χ2v) is 5.93. The molecule has 0 aromatic rings. The summed E-state index contributed by atoms with van der Waals surface area (Å²) in [4.78, 5) is 2.72. The van der Waals surface area contributed by atoms with E-state index in [1.54, 1.807) is 0 Å². The zero-order chi connectivity index (χ0) is 12.1. The van der Waals surface area contributed by atoms with Crippen LogP contribution in [0.1, 0.15) is 46.0 Å². The highest BCUT2D eigenvalue weighted by atomic mass is 15.2. The van der Waals surface area contributed by atoms with E-state index in [-0.39, 0.29) is 0 Å². The monoisotopic (exact) mass is 236 g/mol. The van der Waals surface area contributed by atoms with Gasteiger partial charge in [0.2, 0.25) is 0 Å². The molecule has 1 fully saturated rings. The Hall–Kier alpha value is -0.340. The summed E-state index contributed by atoms with van der Waals surface area (Å²) in [6.45, 7) is 8.41. The van der Waals surface area contributed by atoms with Crippen molar-refractivity contribution in [1.82, 2.24) is 10.2 Å². The highest BCUT2D eigenvalue weighted by molar-refractivity contribution is 4.99. The maximum atomic E-state index is 3.54. The van der Waals surface area contributed by atoms with Gasteiger partial charge in [-0.2, -0.15) is 0 Å². The average molecular weight is 236 g/mol. The van der Waals surface area contributed by atoms with Gasteiger partial charge in [0, 0.05) is 18.6 Å². The number of hydrogen-bond acceptors (Lipinski definition) is 2. The Labute approximate surface area is 106 Å². The van der Waals surface area contributed by atoms with Gasteiger partial charge in [0.25, 0.3) is 0 Å². The Balaban J connectivity index is 1.91. The highest BCUT2D eigenvalue weighted by Crippen LogP contribution is 2.22. The number of rotatable bonds is 4. The Morgan fingerprint density at radius 3 is 2.76 bits per heavy atom. The van der Waals surface area contributed by atoms with Gasteiger partial charge in [0.15, 0.2) is 0 Å². The van der Waals surface area contributed by atoms with E-state index in [1.165, 1.54) is 51.7 Å². The summed E-state index contributed by atoms with van der Waals surface area (Å²) < 4.78 is 0. The van der Waals surface area contributed by atoms with Crippen LogP contribution in [0.15, 0.2) is 12.2 Å². The summed E-state index contributed by atoms with van der Waals surface area (Å²) in [5, 5.41) is 3.54. The second kappa shape index (κ2) is 6.55. The SMILES string of the molecule is CC(C)N(CC1CCCNC1)C1C=CCCC1. The van der Waals surface area contributed by atoms with Crippen molar-refractivity contribution in [3.05, 3.63) is 12.2 Å². The van der Waals surface area contributed by atoms with Crippen molar-refractivity contribution in [2.24, 2.45) is 5.92 Å². The van der Waals surface area contributed by atoms with Crippen molar-refractivity contribution in [2.45, 2.75) is 58.0 Å². The van der Waals surface area contributed by atoms with Gasteiger partial charge >= 0.3 is 0 Å². The number of allylic oxidation sites excluding steroid dienone is 1. The molecule has 0 saturated carbocycles. The van der Waals surface area contributed by atoms with Crippen molar-refractivity contribution in [3.8, 4) is 0 Å². The molecule has 98 valence electrons. The summed E-state index contributed by atoms with van der Waals surface area (Å²) in [7, 11) is 0. The van der Waals surface area contributed by atoms with Crippen LogP contribution in [-0.2, 0) is 0 Å². The molecule has 1 heterocycles. The lowest BCUT2D eigenvalue weighted by Crippen LogP contribution is -2.46. The van der Waals surface area contributed by atoms with Crippen LogP contribution in [0.2, 0.25) is 0 Å². The Morgan fingerprint density at radius 2 is 2.18 bits per heavy atom. The van der Waals surface area contributed by atoms with E-state index in [0.29, 0.717) is 12.1 Å². The normalized spacial score (nSPS) is 30.1. The molecular weight excluding hydrogens is 208 g/mol. The molecule has 0 bridgehead atoms. The van der Waals surface area contributed by atoms with Crippen LogP contribution in [0.4, 0.5) is 0 Å². The molecule has 0 aromatic carbocycles. The van der Waals surface area contributed by atoms with Crippen molar-refractivity contribution < 1.29 is 0 Å². The predicted octanol–water partition coefficient (Wildman–Crippen LogP) is 2.81. The largest absolute Gasteiger partial charge is 0.316 e. The van der Waals surface area contributed by atoms with Gasteiger partial charge in [-0.05, 0) is 65.0 Å². The quantitative estimate of drug-likeness (QED) is 0.755. The fourth-order valence-corrected chi connectivity index (χ4v) is 3.18. The fraction of sp³-hybridized carbons (Fsp3) is 0.867. The highest BCUT2D eigenvalue weighted by Gasteiger charge is 2.24. The molecule has 2 unspecified atom stereocenters. The van der Waals surface area contributed by atoms with Gasteiger partial charge in [0.1, 0.15) is 0 Å². The van der Waals surface area contributed by atoms with Crippen LogP contribution in [0.5, 0.6) is 0 Å². The van der Waals surface area contributed by atoms with E-state index < -0.39 is 0 Å². The number of piperidine rings is 1. The molecule has 1 aliphatic heterocycles. The van der Waals surface area contributed by atoms with Crippen LogP contribution >= 0.6 is 0 Å². The third-order valence-electron chi connectivity index (χ3n) is 4.19. The van der Waals surface area contributed by atoms with E-state index in [9.17, 15) is 0 Å². The first-order valence-corrected chi connectivity index (χ1v) is 7.40. The number of hydrogen-bond donors (Lipinski definition) is 1. The molecule has 2 heteroatoms. The first kappa shape index (κ1) is 13.1. The summed E-state index contributed by atoms with van der Waals surface area (Å²) in [6, 6.07) is 1.37. The van der Waals surface area contributed by atoms with Crippen LogP contribution in [-0.4, -0.2) is 36.6 Å². The molecule has 0 spiro atoms. The lowest BCUT2D eigenvalue weighted by molar-refractivity contribution is 0.132. The van der Waals surface area contributed by atoms with E-state index in [2.05, 4.69) is 36.2 Å². The van der Waals surface area contributed by atoms with Gasteiger partial charge in [-0.3, -0.25) is 4.90 Å². The summed E-state index contributed by atoms with van der Waals surface area (Å²) >= 11 is 0. The molecule has 0 radical (unpaired) electrons. The van der Waals surface area contributed by atoms with E-state index in [0.717, 1.165) is 5.92 Å². The van der Waals surface area contributed by atoms with Crippen LogP contribution < -0.4 is 5.32 Å². The molecular formula is C15H28N2. The lowest BCUT2D eigenvalue weighted by atomic mass is 9.95. The van der Waals surface area contributed by atoms with Crippen LogP contribution in [0.3, 0.4) is 0 Å². The van der Waals surface area contributed by atoms with E-state index in [4.69, 9.17) is 0 Å². The zero-order valence-electron chi connectivity index (χ0n) is 11.5. The van der Waals surface area contributed by atoms with Gasteiger partial charge in [-0.15, -0.1) is 0 Å². The second-order valence-electron chi connectivity index (χ2n) is 5.93. The van der Waals surface area contributed by atoms with Gasteiger partial charge in [-0.25, -0.2) is 0 Å². The van der Waals surface area contributed by atoms with E-state index in [1.807, 2.05) is 0 Å². The van der Waals surface area contributed by atoms with Gasteiger partial charge in [-0.1, -0.05) is 12.2 Å². The molecule has 1 N–H and O–H groups in total. The molecule has 2 nitrogen and oxygen atoms in total. The zero-order valence-corrected chi connectivity index (χ0v) is 11.5. The molecule has 1 aliphatic carbocycles. The molecule has 17 heavy (non-hydrogen) atoms. The van der Waals surface area contributed by atoms with Crippen LogP contribution in [0.25, 0.3) is 0 Å². The average Bonchev–Trinajstić information content (AvgIpc) is 2.38. The third kappa shape index (κ3) is 3.82. The molecule has 2 atom stereocenters. The summed E-state index contributed by atoms with van der Waals surface area (Å²) in [6.07, 6.45) is 11.6. The standard InChI is InChI=1S/C15H28N2/c1-13(2)17(15-8-4-3-5-9-15)12-14-7-6-10-16-11-14/h4,8,13-16H,3,5-7,9-12H2,1-2H3. The smallest absolute Gasteiger partial charge is 0.0281 e. The maximum Gasteiger partial charge on any atom is 0.0281 e. The molecule has 2 rings (SSSR count). The van der Waals surface area contributed by atoms with Crippen molar-refractivity contribution in [3.63, 3.8) is 0 Å². The summed E-state index contributed by atoms with van der Waals surface area (Å²) in [5.41, 5.74) is 0.